The standard InChI is InChI=1S/C26H31F4N5O2/c27-22-5-2-10-32-24(22)23(33-37-17-26(28,29)30)19-8-13-35(14-9-19)25(36)20-6-11-34(12-7-20)16-18-3-1-4-21(31)15-18/h1-5,10,15,19-20H,6-9,11-14,16-17,31H2/b33-23-. The number of carbonyl (C=O) groups excluding carboxylic acids is 1. The number of alkyl halides is 3. The van der Waals surface area contributed by atoms with E-state index in [1.807, 2.05) is 24.3 Å². The van der Waals surface area contributed by atoms with Gasteiger partial charge >= 0.3 is 6.18 Å². The molecule has 200 valence electrons. The van der Waals surface area contributed by atoms with E-state index in [4.69, 9.17) is 5.73 Å². The first kappa shape index (κ1) is 26.8. The van der Waals surface area contributed by atoms with Crippen LogP contribution >= 0.6 is 0 Å². The molecule has 0 saturated carbocycles. The number of carbonyl (C=O) groups is 1. The zero-order valence-corrected chi connectivity index (χ0v) is 20.5. The summed E-state index contributed by atoms with van der Waals surface area (Å²) in [6, 6.07) is 10.4. The Morgan fingerprint density at radius 1 is 1.05 bits per heavy atom. The van der Waals surface area contributed by atoms with Gasteiger partial charge in [-0.2, -0.15) is 13.2 Å². The molecule has 0 atom stereocenters. The highest BCUT2D eigenvalue weighted by Crippen LogP contribution is 2.27. The Kier molecular flexibility index (Phi) is 8.63. The van der Waals surface area contributed by atoms with Gasteiger partial charge in [-0.1, -0.05) is 17.3 Å². The number of nitrogen functional groups attached to an aromatic ring is 1. The smallest absolute Gasteiger partial charge is 0.399 e. The van der Waals surface area contributed by atoms with Gasteiger partial charge in [-0.05, 0) is 68.6 Å². The van der Waals surface area contributed by atoms with E-state index < -0.39 is 18.6 Å². The topological polar surface area (TPSA) is 84.0 Å². The summed E-state index contributed by atoms with van der Waals surface area (Å²) in [7, 11) is 0. The highest BCUT2D eigenvalue weighted by Gasteiger charge is 2.34. The van der Waals surface area contributed by atoms with Crippen molar-refractivity contribution in [2.75, 3.05) is 38.5 Å². The molecule has 2 N–H and O–H groups in total. The predicted molar refractivity (Wildman–Crippen MR) is 131 cm³/mol. The van der Waals surface area contributed by atoms with Crippen molar-refractivity contribution in [3.63, 3.8) is 0 Å². The molecule has 2 aliphatic heterocycles. The molecule has 2 fully saturated rings. The third-order valence-electron chi connectivity index (χ3n) is 6.88. The number of pyridine rings is 1. The van der Waals surface area contributed by atoms with Crippen LogP contribution in [-0.4, -0.2) is 65.4 Å². The number of aromatic nitrogens is 1. The Morgan fingerprint density at radius 2 is 1.76 bits per heavy atom. The molecule has 0 aliphatic carbocycles. The van der Waals surface area contributed by atoms with E-state index >= 15 is 0 Å². The fourth-order valence-corrected chi connectivity index (χ4v) is 4.98. The van der Waals surface area contributed by atoms with Gasteiger partial charge in [0.2, 0.25) is 12.5 Å². The molecular weight excluding hydrogens is 490 g/mol. The minimum atomic E-state index is -4.56. The molecule has 1 aromatic carbocycles. The first-order valence-corrected chi connectivity index (χ1v) is 12.4. The van der Waals surface area contributed by atoms with E-state index in [0.717, 1.165) is 43.7 Å². The van der Waals surface area contributed by atoms with Gasteiger partial charge in [0.25, 0.3) is 0 Å². The number of rotatable bonds is 7. The Bertz CT molecular complexity index is 1090. The summed E-state index contributed by atoms with van der Waals surface area (Å²) in [5.41, 5.74) is 7.67. The molecule has 4 rings (SSSR count). The van der Waals surface area contributed by atoms with Gasteiger partial charge in [-0.3, -0.25) is 14.7 Å². The quantitative estimate of drug-likeness (QED) is 0.255. The number of amides is 1. The number of anilines is 1. The third-order valence-corrected chi connectivity index (χ3v) is 6.88. The summed E-state index contributed by atoms with van der Waals surface area (Å²) < 4.78 is 52.1. The van der Waals surface area contributed by atoms with Crippen molar-refractivity contribution in [1.82, 2.24) is 14.8 Å². The van der Waals surface area contributed by atoms with Crippen molar-refractivity contribution < 1.29 is 27.2 Å². The van der Waals surface area contributed by atoms with Crippen LogP contribution in [0.3, 0.4) is 0 Å². The van der Waals surface area contributed by atoms with Crippen molar-refractivity contribution >= 4 is 17.3 Å². The highest BCUT2D eigenvalue weighted by atomic mass is 19.4. The fraction of sp³-hybridized carbons (Fsp3) is 0.500. The lowest BCUT2D eigenvalue weighted by Gasteiger charge is -2.37. The maximum absolute atomic E-state index is 14.4. The van der Waals surface area contributed by atoms with Crippen LogP contribution in [0.25, 0.3) is 0 Å². The van der Waals surface area contributed by atoms with Crippen LogP contribution < -0.4 is 5.73 Å². The molecule has 11 heteroatoms. The second kappa shape index (κ2) is 11.9. The van der Waals surface area contributed by atoms with Crippen LogP contribution in [0.5, 0.6) is 0 Å². The summed E-state index contributed by atoms with van der Waals surface area (Å²) in [5, 5.41) is 3.65. The fourth-order valence-electron chi connectivity index (χ4n) is 4.98. The lowest BCUT2D eigenvalue weighted by Crippen LogP contribution is -2.46. The molecule has 37 heavy (non-hydrogen) atoms. The van der Waals surface area contributed by atoms with E-state index in [2.05, 4.69) is 19.9 Å². The average molecular weight is 522 g/mol. The number of nitrogens with zero attached hydrogens (tertiary/aromatic N) is 4. The van der Waals surface area contributed by atoms with E-state index in [1.165, 1.54) is 18.3 Å². The average Bonchev–Trinajstić information content (AvgIpc) is 2.87. The zero-order chi connectivity index (χ0) is 26.4. The predicted octanol–water partition coefficient (Wildman–Crippen LogP) is 4.24. The molecule has 2 saturated heterocycles. The number of hydrogen-bond acceptors (Lipinski definition) is 6. The van der Waals surface area contributed by atoms with Crippen LogP contribution in [-0.2, 0) is 16.2 Å². The minimum absolute atomic E-state index is 0.0457. The van der Waals surface area contributed by atoms with Gasteiger partial charge < -0.3 is 15.5 Å². The maximum atomic E-state index is 14.4. The van der Waals surface area contributed by atoms with Crippen LogP contribution in [0.4, 0.5) is 23.2 Å². The number of benzene rings is 1. The van der Waals surface area contributed by atoms with Crippen molar-refractivity contribution in [3.05, 3.63) is 59.7 Å². The van der Waals surface area contributed by atoms with Crippen LogP contribution in [0.1, 0.15) is 36.9 Å². The molecule has 0 spiro atoms. The molecule has 0 unspecified atom stereocenters. The molecule has 7 nitrogen and oxygen atoms in total. The van der Waals surface area contributed by atoms with Gasteiger partial charge in [0, 0.05) is 43.4 Å². The van der Waals surface area contributed by atoms with E-state index in [-0.39, 0.29) is 29.1 Å². The molecule has 1 aromatic heterocycles. The van der Waals surface area contributed by atoms with Crippen molar-refractivity contribution in [2.24, 2.45) is 17.0 Å². The third kappa shape index (κ3) is 7.41. The molecular formula is C26H31F4N5O2. The second-order valence-electron chi connectivity index (χ2n) is 9.59. The summed E-state index contributed by atoms with van der Waals surface area (Å²) in [4.78, 5) is 25.8. The summed E-state index contributed by atoms with van der Waals surface area (Å²) in [5.74, 6) is -1.02. The van der Waals surface area contributed by atoms with E-state index in [1.54, 1.807) is 4.90 Å². The van der Waals surface area contributed by atoms with Crippen LogP contribution in [0.15, 0.2) is 47.8 Å². The minimum Gasteiger partial charge on any atom is -0.399 e. The van der Waals surface area contributed by atoms with Gasteiger partial charge in [0.15, 0.2) is 5.82 Å². The zero-order valence-electron chi connectivity index (χ0n) is 20.5. The number of hydrogen-bond donors (Lipinski definition) is 1. The first-order valence-electron chi connectivity index (χ1n) is 12.4. The largest absolute Gasteiger partial charge is 0.425 e. The molecule has 2 aromatic rings. The maximum Gasteiger partial charge on any atom is 0.425 e. The summed E-state index contributed by atoms with van der Waals surface area (Å²) >= 11 is 0. The van der Waals surface area contributed by atoms with Crippen molar-refractivity contribution in [2.45, 2.75) is 38.4 Å². The molecule has 2 aliphatic rings. The number of oxime groups is 1. The van der Waals surface area contributed by atoms with Crippen LogP contribution in [0.2, 0.25) is 0 Å². The Hall–Kier alpha value is -3.21. The molecule has 0 radical (unpaired) electrons. The Labute approximate surface area is 213 Å². The SMILES string of the molecule is Nc1cccc(CN2CCC(C(=O)N3CCC(/C(=N/OCC(F)(F)F)c4ncccc4F)CC3)CC2)c1. The summed E-state index contributed by atoms with van der Waals surface area (Å²) in [6.07, 6.45) is -0.808. The van der Waals surface area contributed by atoms with E-state index in [0.29, 0.717) is 25.9 Å². The monoisotopic (exact) mass is 521 g/mol. The van der Waals surface area contributed by atoms with Crippen molar-refractivity contribution in [1.29, 1.82) is 0 Å². The highest BCUT2D eigenvalue weighted by molar-refractivity contribution is 6.00. The lowest BCUT2D eigenvalue weighted by molar-refractivity contribution is -0.173. The van der Waals surface area contributed by atoms with Crippen molar-refractivity contribution in [3.8, 4) is 0 Å². The first-order chi connectivity index (χ1) is 17.7. The van der Waals surface area contributed by atoms with Gasteiger partial charge in [0.1, 0.15) is 11.4 Å². The van der Waals surface area contributed by atoms with Crippen LogP contribution in [0, 0.1) is 17.7 Å². The van der Waals surface area contributed by atoms with E-state index in [9.17, 15) is 22.4 Å². The number of halogens is 4. The number of piperidine rings is 2. The number of likely N-dealkylation sites (tertiary alicyclic amines) is 2. The van der Waals surface area contributed by atoms with Gasteiger partial charge in [-0.15, -0.1) is 0 Å². The Morgan fingerprint density at radius 3 is 2.41 bits per heavy atom. The summed E-state index contributed by atoms with van der Waals surface area (Å²) in [6.45, 7) is 1.68. The van der Waals surface area contributed by atoms with Gasteiger partial charge in [-0.25, -0.2) is 4.39 Å². The molecule has 3 heterocycles. The molecule has 0 bridgehead atoms. The normalized spacial score (nSPS) is 18.7. The lowest BCUT2D eigenvalue weighted by atomic mass is 9.88. The van der Waals surface area contributed by atoms with Gasteiger partial charge in [0.05, 0.1) is 0 Å². The molecule has 1 amide bonds. The Balaban J connectivity index is 1.32. The second-order valence-corrected chi connectivity index (χ2v) is 9.59. The number of nitrogens with two attached hydrogens (primary N) is 1.